The van der Waals surface area contributed by atoms with Crippen LogP contribution in [-0.4, -0.2) is 31.3 Å². The standard InChI is InChI=1S/C14H11F6NO2S/c1-2-5-24-11-4-3-10(22-7-13(15,16)17)9(6-21)12(11)23-8-14(18,19)20/h2-4H,1,5,7-8H2. The third-order valence-corrected chi connectivity index (χ3v) is 3.36. The first kappa shape index (κ1) is 20.0. The molecule has 0 atom stereocenters. The first-order valence-electron chi connectivity index (χ1n) is 6.27. The maximum atomic E-state index is 12.4. The Balaban J connectivity index is 3.19. The fourth-order valence-electron chi connectivity index (χ4n) is 1.49. The summed E-state index contributed by atoms with van der Waals surface area (Å²) < 4.78 is 82.9. The number of halogens is 6. The van der Waals surface area contributed by atoms with Crippen molar-refractivity contribution in [1.82, 2.24) is 0 Å². The van der Waals surface area contributed by atoms with Crippen LogP contribution in [0.5, 0.6) is 11.5 Å². The van der Waals surface area contributed by atoms with Gasteiger partial charge in [-0.2, -0.15) is 31.6 Å². The number of rotatable bonds is 7. The van der Waals surface area contributed by atoms with Crippen LogP contribution in [0.1, 0.15) is 5.56 Å². The Hall–Kier alpha value is -2.02. The first-order valence-corrected chi connectivity index (χ1v) is 7.26. The van der Waals surface area contributed by atoms with Crippen molar-refractivity contribution in [3.05, 3.63) is 30.4 Å². The van der Waals surface area contributed by atoms with Crippen LogP contribution in [0.4, 0.5) is 26.3 Å². The molecule has 1 aromatic rings. The molecule has 0 aliphatic heterocycles. The molecule has 24 heavy (non-hydrogen) atoms. The van der Waals surface area contributed by atoms with Crippen LogP contribution in [0.15, 0.2) is 29.7 Å². The van der Waals surface area contributed by atoms with E-state index in [9.17, 15) is 26.3 Å². The minimum atomic E-state index is -4.67. The van der Waals surface area contributed by atoms with Gasteiger partial charge in [-0.1, -0.05) is 6.08 Å². The molecule has 0 saturated heterocycles. The molecule has 0 N–H and O–H groups in total. The third-order valence-electron chi connectivity index (χ3n) is 2.32. The lowest BCUT2D eigenvalue weighted by molar-refractivity contribution is -0.154. The van der Waals surface area contributed by atoms with E-state index in [4.69, 9.17) is 5.26 Å². The molecule has 0 fully saturated rings. The number of nitrogens with zero attached hydrogens (tertiary/aromatic N) is 1. The Kier molecular flexibility index (Phi) is 6.83. The summed E-state index contributed by atoms with van der Waals surface area (Å²) in [6.45, 7) is 0.0815. The van der Waals surface area contributed by atoms with E-state index in [2.05, 4.69) is 16.1 Å². The second-order valence-electron chi connectivity index (χ2n) is 4.29. The lowest BCUT2D eigenvalue weighted by Crippen LogP contribution is -2.21. The molecule has 1 aromatic carbocycles. The number of hydrogen-bond donors (Lipinski definition) is 0. The predicted octanol–water partition coefficient (Wildman–Crippen LogP) is 4.72. The molecule has 0 aromatic heterocycles. The lowest BCUT2D eigenvalue weighted by Gasteiger charge is -2.17. The SMILES string of the molecule is C=CCSc1ccc(OCC(F)(F)F)c(C#N)c1OCC(F)(F)F. The van der Waals surface area contributed by atoms with Crippen molar-refractivity contribution >= 4 is 11.8 Å². The number of nitriles is 1. The zero-order valence-electron chi connectivity index (χ0n) is 12.0. The van der Waals surface area contributed by atoms with Crippen molar-refractivity contribution in [2.75, 3.05) is 19.0 Å². The fourth-order valence-corrected chi connectivity index (χ4v) is 2.24. The minimum absolute atomic E-state index is 0.162. The van der Waals surface area contributed by atoms with Crippen molar-refractivity contribution in [3.63, 3.8) is 0 Å². The largest absolute Gasteiger partial charge is 0.483 e. The summed E-state index contributed by atoms with van der Waals surface area (Å²) in [6.07, 6.45) is -7.86. The van der Waals surface area contributed by atoms with Crippen LogP contribution in [0.3, 0.4) is 0 Å². The summed E-state index contributed by atoms with van der Waals surface area (Å²) in [6, 6.07) is 3.84. The molecule has 0 aliphatic rings. The molecule has 132 valence electrons. The summed E-state index contributed by atoms with van der Waals surface area (Å²) in [5.41, 5.74) is -0.530. The molecule has 0 heterocycles. The summed E-state index contributed by atoms with van der Waals surface area (Å²) in [5.74, 6) is -0.674. The zero-order chi connectivity index (χ0) is 18.4. The van der Waals surface area contributed by atoms with Crippen molar-refractivity contribution in [3.8, 4) is 17.6 Å². The Morgan fingerprint density at radius 2 is 1.67 bits per heavy atom. The van der Waals surface area contributed by atoms with Gasteiger partial charge in [0.25, 0.3) is 0 Å². The van der Waals surface area contributed by atoms with Gasteiger partial charge in [0.1, 0.15) is 17.4 Å². The van der Waals surface area contributed by atoms with Crippen LogP contribution in [0.25, 0.3) is 0 Å². The number of thioether (sulfide) groups is 1. The van der Waals surface area contributed by atoms with Crippen molar-refractivity contribution in [1.29, 1.82) is 5.26 Å². The molecule has 0 unspecified atom stereocenters. The predicted molar refractivity (Wildman–Crippen MR) is 75.2 cm³/mol. The zero-order valence-corrected chi connectivity index (χ0v) is 12.8. The van der Waals surface area contributed by atoms with Gasteiger partial charge in [0.15, 0.2) is 19.0 Å². The van der Waals surface area contributed by atoms with Crippen LogP contribution in [0.2, 0.25) is 0 Å². The smallest absolute Gasteiger partial charge is 0.422 e. The van der Waals surface area contributed by atoms with Crippen LogP contribution < -0.4 is 9.47 Å². The highest BCUT2D eigenvalue weighted by atomic mass is 32.2. The van der Waals surface area contributed by atoms with Gasteiger partial charge in [0.05, 0.1) is 4.90 Å². The van der Waals surface area contributed by atoms with Crippen LogP contribution in [0, 0.1) is 11.3 Å². The van der Waals surface area contributed by atoms with Crippen molar-refractivity contribution in [2.24, 2.45) is 0 Å². The second-order valence-corrected chi connectivity index (χ2v) is 5.35. The van der Waals surface area contributed by atoms with E-state index in [1.165, 1.54) is 18.2 Å². The van der Waals surface area contributed by atoms with E-state index >= 15 is 0 Å². The topological polar surface area (TPSA) is 42.2 Å². The molecule has 10 heteroatoms. The highest BCUT2D eigenvalue weighted by Gasteiger charge is 2.31. The second kappa shape index (κ2) is 8.19. The number of benzene rings is 1. The maximum Gasteiger partial charge on any atom is 0.422 e. The van der Waals surface area contributed by atoms with Crippen LogP contribution in [-0.2, 0) is 0 Å². The summed E-state index contributed by atoms with van der Waals surface area (Å²) in [7, 11) is 0. The monoisotopic (exact) mass is 371 g/mol. The van der Waals surface area contributed by atoms with Crippen molar-refractivity contribution < 1.29 is 35.8 Å². The van der Waals surface area contributed by atoms with E-state index in [0.717, 1.165) is 17.8 Å². The summed E-state index contributed by atoms with van der Waals surface area (Å²) in [5, 5.41) is 9.11. The van der Waals surface area contributed by atoms with Gasteiger partial charge < -0.3 is 9.47 Å². The normalized spacial score (nSPS) is 11.7. The number of ether oxygens (including phenoxy) is 2. The Labute approximate surface area is 137 Å². The molecule has 0 radical (unpaired) electrons. The van der Waals surface area contributed by atoms with Crippen molar-refractivity contribution in [2.45, 2.75) is 17.2 Å². The molecule has 0 aliphatic carbocycles. The molecule has 0 saturated carbocycles. The van der Waals surface area contributed by atoms with Crippen LogP contribution >= 0.6 is 11.8 Å². The van der Waals surface area contributed by atoms with Gasteiger partial charge in [0, 0.05) is 5.75 Å². The van der Waals surface area contributed by atoms with Gasteiger partial charge in [-0.15, -0.1) is 18.3 Å². The van der Waals surface area contributed by atoms with Gasteiger partial charge in [-0.3, -0.25) is 0 Å². The first-order chi connectivity index (χ1) is 11.1. The Morgan fingerprint density at radius 1 is 1.08 bits per heavy atom. The Bertz CT molecular complexity index is 621. The third kappa shape index (κ3) is 6.62. The fraction of sp³-hybridized carbons (Fsp3) is 0.357. The lowest BCUT2D eigenvalue weighted by atomic mass is 10.2. The molecule has 1 rings (SSSR count). The molecular weight excluding hydrogens is 360 g/mol. The summed E-state index contributed by atoms with van der Waals surface area (Å²) >= 11 is 1.02. The van der Waals surface area contributed by atoms with E-state index in [0.29, 0.717) is 5.75 Å². The van der Waals surface area contributed by atoms with Gasteiger partial charge in [-0.05, 0) is 12.1 Å². The van der Waals surface area contributed by atoms with Gasteiger partial charge >= 0.3 is 12.4 Å². The molecular formula is C14H11F6NO2S. The average molecular weight is 371 g/mol. The molecule has 0 bridgehead atoms. The number of alkyl halides is 6. The van der Waals surface area contributed by atoms with E-state index in [1.807, 2.05) is 0 Å². The van der Waals surface area contributed by atoms with E-state index in [-0.39, 0.29) is 4.90 Å². The number of hydrogen-bond acceptors (Lipinski definition) is 4. The highest BCUT2D eigenvalue weighted by molar-refractivity contribution is 7.99. The van der Waals surface area contributed by atoms with Gasteiger partial charge in [-0.25, -0.2) is 0 Å². The summed E-state index contributed by atoms with van der Waals surface area (Å²) in [4.78, 5) is 0.162. The minimum Gasteiger partial charge on any atom is -0.483 e. The maximum absolute atomic E-state index is 12.4. The molecule has 0 amide bonds. The van der Waals surface area contributed by atoms with E-state index < -0.39 is 42.6 Å². The molecule has 0 spiro atoms. The average Bonchev–Trinajstić information content (AvgIpc) is 2.47. The quantitative estimate of drug-likeness (QED) is 0.395. The molecule has 3 nitrogen and oxygen atoms in total. The highest BCUT2D eigenvalue weighted by Crippen LogP contribution is 2.39. The van der Waals surface area contributed by atoms with E-state index in [1.54, 1.807) is 0 Å². The Morgan fingerprint density at radius 3 is 2.17 bits per heavy atom. The van der Waals surface area contributed by atoms with Gasteiger partial charge in [0.2, 0.25) is 0 Å².